The highest BCUT2D eigenvalue weighted by Gasteiger charge is 2.45. The number of hydrogen-bond acceptors (Lipinski definition) is 5. The van der Waals surface area contributed by atoms with Gasteiger partial charge in [0, 0.05) is 12.8 Å². The fourth-order valence-electron chi connectivity index (χ4n) is 4.79. The van der Waals surface area contributed by atoms with E-state index in [0.29, 0.717) is 6.42 Å². The first-order chi connectivity index (χ1) is 15.4. The fraction of sp³-hybridized carbons (Fsp3) is 1.00. The lowest BCUT2D eigenvalue weighted by atomic mass is 9.99. The summed E-state index contributed by atoms with van der Waals surface area (Å²) >= 11 is 0. The molecule has 1 rings (SSSR count). The maximum Gasteiger partial charge on any atom is 0.397 e. The third-order valence-corrected chi connectivity index (χ3v) is 6.83. The van der Waals surface area contributed by atoms with Crippen molar-refractivity contribution in [3.8, 4) is 0 Å². The molecule has 0 amide bonds. The zero-order valence-corrected chi connectivity index (χ0v) is 21.8. The second-order valence-electron chi connectivity index (χ2n) is 9.44. The monoisotopic (exact) mass is 478 g/mol. The van der Waals surface area contributed by atoms with Gasteiger partial charge in [0.15, 0.2) is 5.79 Å². The van der Waals surface area contributed by atoms with Crippen LogP contribution in [-0.2, 0) is 24.1 Å². The van der Waals surface area contributed by atoms with Gasteiger partial charge >= 0.3 is 10.4 Å². The van der Waals surface area contributed by atoms with Crippen LogP contribution in [-0.4, -0.2) is 37.6 Å². The van der Waals surface area contributed by atoms with Gasteiger partial charge in [0.1, 0.15) is 0 Å². The molecule has 1 aliphatic rings. The van der Waals surface area contributed by atoms with Crippen molar-refractivity contribution in [3.05, 3.63) is 0 Å². The van der Waals surface area contributed by atoms with Gasteiger partial charge < -0.3 is 9.47 Å². The highest BCUT2D eigenvalue weighted by molar-refractivity contribution is 7.80. The van der Waals surface area contributed by atoms with Gasteiger partial charge in [0.05, 0.1) is 18.8 Å². The number of rotatable bonds is 21. The summed E-state index contributed by atoms with van der Waals surface area (Å²) in [7, 11) is -4.30. The Kier molecular flexibility index (Phi) is 16.1. The lowest BCUT2D eigenvalue weighted by Gasteiger charge is -2.27. The van der Waals surface area contributed by atoms with E-state index in [-0.39, 0.29) is 24.6 Å². The molecule has 0 saturated carbocycles. The number of unbranched alkanes of at least 4 members (excludes halogenated alkanes) is 10. The van der Waals surface area contributed by atoms with E-state index in [1.807, 2.05) is 0 Å². The predicted octanol–water partition coefficient (Wildman–Crippen LogP) is 7.37. The summed E-state index contributed by atoms with van der Waals surface area (Å²) in [5.74, 6) is -0.367. The van der Waals surface area contributed by atoms with Gasteiger partial charge in [-0.05, 0) is 19.3 Å². The fourth-order valence-corrected chi connectivity index (χ4v) is 5.12. The van der Waals surface area contributed by atoms with E-state index in [1.165, 1.54) is 38.5 Å². The molecule has 0 radical (unpaired) electrons. The van der Waals surface area contributed by atoms with Crippen molar-refractivity contribution in [3.63, 3.8) is 0 Å². The maximum absolute atomic E-state index is 10.5. The molecule has 192 valence electrons. The number of hydrogen-bond donors (Lipinski definition) is 1. The van der Waals surface area contributed by atoms with E-state index in [2.05, 4.69) is 25.0 Å². The molecule has 0 aromatic carbocycles. The third kappa shape index (κ3) is 13.5. The molecule has 1 N–H and O–H groups in total. The van der Waals surface area contributed by atoms with E-state index < -0.39 is 10.4 Å². The van der Waals surface area contributed by atoms with Crippen LogP contribution in [0.2, 0.25) is 0 Å². The lowest BCUT2D eigenvalue weighted by Crippen LogP contribution is -2.30. The molecule has 1 saturated heterocycles. The van der Waals surface area contributed by atoms with Crippen LogP contribution >= 0.6 is 0 Å². The van der Waals surface area contributed by atoms with Crippen molar-refractivity contribution in [1.29, 1.82) is 0 Å². The van der Waals surface area contributed by atoms with Crippen LogP contribution in [0.4, 0.5) is 0 Å². The zero-order valence-electron chi connectivity index (χ0n) is 21.0. The first kappa shape index (κ1) is 29.8. The van der Waals surface area contributed by atoms with E-state index in [4.69, 9.17) is 14.0 Å². The quantitative estimate of drug-likeness (QED) is 0.137. The maximum atomic E-state index is 10.5. The summed E-state index contributed by atoms with van der Waals surface area (Å²) < 4.78 is 47.2. The van der Waals surface area contributed by atoms with Crippen LogP contribution in [0, 0.1) is 0 Å². The van der Waals surface area contributed by atoms with E-state index in [9.17, 15) is 8.42 Å². The van der Waals surface area contributed by atoms with Crippen LogP contribution in [0.1, 0.15) is 136 Å². The van der Waals surface area contributed by atoms with Crippen molar-refractivity contribution in [2.24, 2.45) is 0 Å². The zero-order chi connectivity index (χ0) is 23.7. The summed E-state index contributed by atoms with van der Waals surface area (Å²) in [5, 5.41) is 0. The Bertz CT molecular complexity index is 545. The molecule has 0 bridgehead atoms. The Hall–Kier alpha value is -0.210. The topological polar surface area (TPSA) is 82.1 Å². The molecule has 7 heteroatoms. The molecule has 2 atom stereocenters. The Morgan fingerprint density at radius 2 is 1.12 bits per heavy atom. The Labute approximate surface area is 198 Å². The SMILES string of the molecule is CCCCCCCC[C@H]1OC(CCC)(CCC)O[C@@H]1CCCCCCCCOS(=O)(=O)O. The normalized spacial score (nSPS) is 20.8. The largest absolute Gasteiger partial charge is 0.397 e. The first-order valence-corrected chi connectivity index (χ1v) is 14.7. The highest BCUT2D eigenvalue weighted by atomic mass is 32.3. The molecule has 0 spiro atoms. The second-order valence-corrected chi connectivity index (χ2v) is 10.5. The summed E-state index contributed by atoms with van der Waals surface area (Å²) in [6.07, 6.45) is 20.6. The molecule has 0 aromatic rings. The van der Waals surface area contributed by atoms with Crippen molar-refractivity contribution in [2.75, 3.05) is 6.61 Å². The van der Waals surface area contributed by atoms with Gasteiger partial charge in [-0.1, -0.05) is 104 Å². The van der Waals surface area contributed by atoms with Crippen molar-refractivity contribution in [2.45, 2.75) is 154 Å². The predicted molar refractivity (Wildman–Crippen MR) is 130 cm³/mol. The minimum absolute atomic E-state index is 0.0587. The molecule has 0 aliphatic carbocycles. The van der Waals surface area contributed by atoms with Crippen LogP contribution in [0.25, 0.3) is 0 Å². The van der Waals surface area contributed by atoms with Crippen LogP contribution in [0.5, 0.6) is 0 Å². The Morgan fingerprint density at radius 3 is 1.56 bits per heavy atom. The van der Waals surface area contributed by atoms with Gasteiger partial charge in [0.2, 0.25) is 0 Å². The van der Waals surface area contributed by atoms with E-state index in [1.54, 1.807) is 0 Å². The molecule has 1 fully saturated rings. The minimum atomic E-state index is -4.30. The average Bonchev–Trinajstić information content (AvgIpc) is 3.06. The molecule has 6 nitrogen and oxygen atoms in total. The average molecular weight is 479 g/mol. The Morgan fingerprint density at radius 1 is 0.688 bits per heavy atom. The van der Waals surface area contributed by atoms with Gasteiger partial charge in [0.25, 0.3) is 0 Å². The summed E-state index contributed by atoms with van der Waals surface area (Å²) in [5.41, 5.74) is 0. The first-order valence-electron chi connectivity index (χ1n) is 13.3. The Balaban J connectivity index is 2.35. The van der Waals surface area contributed by atoms with E-state index in [0.717, 1.165) is 70.6 Å². The molecular weight excluding hydrogens is 428 g/mol. The van der Waals surface area contributed by atoms with Crippen molar-refractivity contribution in [1.82, 2.24) is 0 Å². The summed E-state index contributed by atoms with van der Waals surface area (Å²) in [6, 6.07) is 0. The molecule has 32 heavy (non-hydrogen) atoms. The van der Waals surface area contributed by atoms with Gasteiger partial charge in [-0.25, -0.2) is 4.18 Å². The minimum Gasteiger partial charge on any atom is -0.344 e. The van der Waals surface area contributed by atoms with Crippen LogP contribution in [0.3, 0.4) is 0 Å². The van der Waals surface area contributed by atoms with Gasteiger partial charge in [-0.2, -0.15) is 8.42 Å². The van der Waals surface area contributed by atoms with Gasteiger partial charge in [-0.15, -0.1) is 0 Å². The molecule has 1 aliphatic heterocycles. The highest BCUT2D eigenvalue weighted by Crippen LogP contribution is 2.40. The van der Waals surface area contributed by atoms with Crippen molar-refractivity contribution < 1.29 is 26.6 Å². The third-order valence-electron chi connectivity index (χ3n) is 6.37. The molecule has 1 heterocycles. The van der Waals surface area contributed by atoms with Crippen molar-refractivity contribution >= 4 is 10.4 Å². The molecule has 0 aromatic heterocycles. The molecule has 0 unspecified atom stereocenters. The summed E-state index contributed by atoms with van der Waals surface area (Å²) in [6.45, 7) is 6.74. The van der Waals surface area contributed by atoms with Crippen LogP contribution < -0.4 is 0 Å². The summed E-state index contributed by atoms with van der Waals surface area (Å²) in [4.78, 5) is 0. The van der Waals surface area contributed by atoms with Gasteiger partial charge in [-0.3, -0.25) is 4.55 Å². The lowest BCUT2D eigenvalue weighted by molar-refractivity contribution is -0.186. The smallest absolute Gasteiger partial charge is 0.344 e. The standard InChI is InChI=1S/C25H50O6S/c1-4-7-8-9-12-15-18-23-24(31-25(30-23,20-5-2)21-6-3)19-16-13-10-11-14-17-22-29-32(26,27)28/h23-24H,4-22H2,1-3H3,(H,26,27,28)/t23-,24-/m1/s1. The van der Waals surface area contributed by atoms with E-state index >= 15 is 0 Å². The van der Waals surface area contributed by atoms with Crippen LogP contribution in [0.15, 0.2) is 0 Å². The second kappa shape index (κ2) is 17.3. The molecular formula is C25H50O6S. The number of ether oxygens (including phenoxy) is 2.